The van der Waals surface area contributed by atoms with Crippen LogP contribution in [0.25, 0.3) is 0 Å². The molecule has 2 nitrogen and oxygen atoms in total. The molecule has 2 rings (SSSR count). The Bertz CT molecular complexity index is 465. The zero-order chi connectivity index (χ0) is 14.9. The fourth-order valence-corrected chi connectivity index (χ4v) is 3.56. The van der Waals surface area contributed by atoms with E-state index in [4.69, 9.17) is 5.73 Å². The zero-order valence-corrected chi connectivity index (χ0v) is 14.7. The van der Waals surface area contributed by atoms with E-state index in [1.807, 2.05) is 0 Å². The Hall–Kier alpha value is -0.380. The van der Waals surface area contributed by atoms with Crippen molar-refractivity contribution in [2.24, 2.45) is 5.73 Å². The molecule has 0 spiro atoms. The number of nitrogens with zero attached hydrogens (tertiary/aromatic N) is 1. The molecule has 2 N–H and O–H groups in total. The average Bonchev–Trinajstić information content (AvgIpc) is 2.54. The molecule has 1 fully saturated rings. The van der Waals surface area contributed by atoms with Crippen LogP contribution in [0.5, 0.6) is 0 Å². The lowest BCUT2D eigenvalue weighted by Crippen LogP contribution is -2.49. The second-order valence-corrected chi connectivity index (χ2v) is 7.83. The van der Waals surface area contributed by atoms with E-state index in [1.165, 1.54) is 28.4 Å². The van der Waals surface area contributed by atoms with Crippen molar-refractivity contribution >= 4 is 15.9 Å². The third-order valence-electron chi connectivity index (χ3n) is 4.33. The largest absolute Gasteiger partial charge is 0.326 e. The molecule has 112 valence electrons. The van der Waals surface area contributed by atoms with Gasteiger partial charge < -0.3 is 5.73 Å². The molecule has 0 bridgehead atoms. The Morgan fingerprint density at radius 2 is 1.95 bits per heavy atom. The summed E-state index contributed by atoms with van der Waals surface area (Å²) in [6, 6.07) is 7.22. The number of nitrogens with two attached hydrogens (primary N) is 1. The molecule has 3 heteroatoms. The van der Waals surface area contributed by atoms with Crippen molar-refractivity contribution in [2.75, 3.05) is 6.54 Å². The van der Waals surface area contributed by atoms with Gasteiger partial charge in [-0.2, -0.15) is 0 Å². The van der Waals surface area contributed by atoms with Crippen LogP contribution in [0.4, 0.5) is 0 Å². The van der Waals surface area contributed by atoms with Crippen molar-refractivity contribution in [3.63, 3.8) is 0 Å². The average molecular weight is 339 g/mol. The number of benzene rings is 1. The first-order valence-electron chi connectivity index (χ1n) is 7.59. The predicted octanol–water partition coefficient (Wildman–Crippen LogP) is 4.41. The van der Waals surface area contributed by atoms with Crippen LogP contribution in [0.15, 0.2) is 22.7 Å². The Morgan fingerprint density at radius 1 is 1.25 bits per heavy atom. The second-order valence-electron chi connectivity index (χ2n) is 6.98. The fourth-order valence-electron chi connectivity index (χ4n) is 3.16. The summed E-state index contributed by atoms with van der Waals surface area (Å²) in [4.78, 5) is 2.59. The molecular formula is C17H27BrN2. The summed E-state index contributed by atoms with van der Waals surface area (Å²) in [5.74, 6) is 0. The molecule has 2 unspecified atom stereocenters. The number of rotatable bonds is 1. The van der Waals surface area contributed by atoms with E-state index in [0.717, 1.165) is 13.0 Å². The third kappa shape index (κ3) is 3.44. The minimum absolute atomic E-state index is 0.143. The van der Waals surface area contributed by atoms with Gasteiger partial charge >= 0.3 is 0 Å². The molecule has 0 saturated carbocycles. The van der Waals surface area contributed by atoms with E-state index in [-0.39, 0.29) is 11.6 Å². The number of halogens is 1. The van der Waals surface area contributed by atoms with Gasteiger partial charge in [0, 0.05) is 16.1 Å². The minimum atomic E-state index is 0.143. The molecule has 0 aromatic heterocycles. The van der Waals surface area contributed by atoms with Gasteiger partial charge in [-0.3, -0.25) is 4.90 Å². The van der Waals surface area contributed by atoms with Crippen molar-refractivity contribution in [2.45, 2.75) is 64.6 Å². The first-order valence-corrected chi connectivity index (χ1v) is 8.38. The molecule has 1 aliphatic rings. The summed E-state index contributed by atoms with van der Waals surface area (Å²) in [6.45, 7) is 10.1. The van der Waals surface area contributed by atoms with Crippen molar-refractivity contribution in [1.29, 1.82) is 0 Å². The van der Waals surface area contributed by atoms with E-state index >= 15 is 0 Å². The molecule has 20 heavy (non-hydrogen) atoms. The van der Waals surface area contributed by atoms with Crippen LogP contribution < -0.4 is 5.73 Å². The molecular weight excluding hydrogens is 312 g/mol. The van der Waals surface area contributed by atoms with Crippen molar-refractivity contribution in [1.82, 2.24) is 4.90 Å². The molecule has 1 aromatic rings. The van der Waals surface area contributed by atoms with Gasteiger partial charge in [-0.25, -0.2) is 0 Å². The van der Waals surface area contributed by atoms with Gasteiger partial charge in [-0.15, -0.1) is 0 Å². The van der Waals surface area contributed by atoms with E-state index < -0.39 is 0 Å². The Labute approximate surface area is 131 Å². The van der Waals surface area contributed by atoms with E-state index in [0.29, 0.717) is 6.04 Å². The quantitative estimate of drug-likeness (QED) is 0.821. The van der Waals surface area contributed by atoms with Crippen LogP contribution in [-0.4, -0.2) is 23.0 Å². The maximum atomic E-state index is 6.53. The lowest BCUT2D eigenvalue weighted by Gasteiger charge is -2.43. The van der Waals surface area contributed by atoms with Crippen LogP contribution in [0.1, 0.15) is 57.2 Å². The second kappa shape index (κ2) is 6.17. The summed E-state index contributed by atoms with van der Waals surface area (Å²) in [6.07, 6.45) is 3.59. The lowest BCUT2D eigenvalue weighted by atomic mass is 9.92. The number of hydrogen-bond acceptors (Lipinski definition) is 2. The summed E-state index contributed by atoms with van der Waals surface area (Å²) >= 11 is 3.66. The first kappa shape index (κ1) is 16.0. The van der Waals surface area contributed by atoms with E-state index in [9.17, 15) is 0 Å². The maximum absolute atomic E-state index is 6.53. The highest BCUT2D eigenvalue weighted by Crippen LogP contribution is 2.36. The van der Waals surface area contributed by atoms with Crippen molar-refractivity contribution in [3.8, 4) is 0 Å². The van der Waals surface area contributed by atoms with Crippen molar-refractivity contribution in [3.05, 3.63) is 33.8 Å². The van der Waals surface area contributed by atoms with Crippen LogP contribution in [0.3, 0.4) is 0 Å². The van der Waals surface area contributed by atoms with Crippen LogP contribution in [0.2, 0.25) is 0 Å². The minimum Gasteiger partial charge on any atom is -0.326 e. The monoisotopic (exact) mass is 338 g/mol. The normalized spacial score (nSPS) is 25.5. The number of hydrogen-bond donors (Lipinski definition) is 1. The Kier molecular flexibility index (Phi) is 4.93. The van der Waals surface area contributed by atoms with E-state index in [2.05, 4.69) is 66.7 Å². The molecule has 1 aliphatic heterocycles. The standard InChI is InChI=1S/C17H27BrN2/c1-12-8-9-13(11-14(12)18)16-15(19)7-5-6-10-20(16)17(2,3)4/h8-9,11,15-16H,5-7,10,19H2,1-4H3. The van der Waals surface area contributed by atoms with Crippen LogP contribution in [-0.2, 0) is 0 Å². The summed E-state index contributed by atoms with van der Waals surface area (Å²) in [7, 11) is 0. The number of likely N-dealkylation sites (tertiary alicyclic amines) is 1. The summed E-state index contributed by atoms with van der Waals surface area (Å²) in [5.41, 5.74) is 9.29. The smallest absolute Gasteiger partial charge is 0.0504 e. The van der Waals surface area contributed by atoms with Gasteiger partial charge in [0.25, 0.3) is 0 Å². The molecule has 1 saturated heterocycles. The van der Waals surface area contributed by atoms with Gasteiger partial charge in [0.2, 0.25) is 0 Å². The highest BCUT2D eigenvalue weighted by atomic mass is 79.9. The first-order chi connectivity index (χ1) is 9.30. The van der Waals surface area contributed by atoms with E-state index in [1.54, 1.807) is 0 Å². The number of aryl methyl sites for hydroxylation is 1. The molecule has 1 aromatic carbocycles. The van der Waals surface area contributed by atoms with Gasteiger partial charge in [0.15, 0.2) is 0 Å². The molecule has 0 radical (unpaired) electrons. The lowest BCUT2D eigenvalue weighted by molar-refractivity contribution is 0.0755. The highest BCUT2D eigenvalue weighted by molar-refractivity contribution is 9.10. The van der Waals surface area contributed by atoms with Crippen molar-refractivity contribution < 1.29 is 0 Å². The molecule has 2 atom stereocenters. The van der Waals surface area contributed by atoms with Gasteiger partial charge in [-0.05, 0) is 64.3 Å². The van der Waals surface area contributed by atoms with Crippen LogP contribution >= 0.6 is 15.9 Å². The van der Waals surface area contributed by atoms with Gasteiger partial charge in [0.1, 0.15) is 0 Å². The molecule has 0 aliphatic carbocycles. The van der Waals surface area contributed by atoms with Crippen LogP contribution in [0, 0.1) is 6.92 Å². The topological polar surface area (TPSA) is 29.3 Å². The molecule has 0 amide bonds. The maximum Gasteiger partial charge on any atom is 0.0504 e. The van der Waals surface area contributed by atoms with Gasteiger partial charge in [0.05, 0.1) is 6.04 Å². The highest BCUT2D eigenvalue weighted by Gasteiger charge is 2.35. The summed E-state index contributed by atoms with van der Waals surface area (Å²) in [5, 5.41) is 0. The zero-order valence-electron chi connectivity index (χ0n) is 13.1. The Morgan fingerprint density at radius 3 is 2.55 bits per heavy atom. The fraction of sp³-hybridized carbons (Fsp3) is 0.647. The van der Waals surface area contributed by atoms with Gasteiger partial charge in [-0.1, -0.05) is 34.5 Å². The molecule has 1 heterocycles. The SMILES string of the molecule is Cc1ccc(C2C(N)CCCCN2C(C)(C)C)cc1Br. The predicted molar refractivity (Wildman–Crippen MR) is 89.9 cm³/mol. The Balaban J connectivity index is 2.42. The third-order valence-corrected chi connectivity index (χ3v) is 5.18. The summed E-state index contributed by atoms with van der Waals surface area (Å²) < 4.78 is 1.18.